The predicted molar refractivity (Wildman–Crippen MR) is 59.0 cm³/mol. The summed E-state index contributed by atoms with van der Waals surface area (Å²) in [6, 6.07) is 6.16. The Morgan fingerprint density at radius 2 is 2.00 bits per heavy atom. The van der Waals surface area contributed by atoms with Gasteiger partial charge in [0.25, 0.3) is 0 Å². The summed E-state index contributed by atoms with van der Waals surface area (Å²) in [5, 5.41) is 11.8. The Hall–Kier alpha value is -1.58. The Labute approximate surface area is 93.3 Å². The molecule has 1 saturated carbocycles. The lowest BCUT2D eigenvalue weighted by Crippen LogP contribution is -2.43. The molecule has 0 radical (unpaired) electrons. The van der Waals surface area contributed by atoms with Gasteiger partial charge in [0.15, 0.2) is 0 Å². The normalized spacial score (nSPS) is 17.6. The summed E-state index contributed by atoms with van der Waals surface area (Å²) in [5.74, 6) is -0.117. The summed E-state index contributed by atoms with van der Waals surface area (Å²) in [6.07, 6.45) is 2.15. The summed E-state index contributed by atoms with van der Waals surface area (Å²) >= 11 is 0. The molecule has 0 heterocycles. The molecule has 0 atom stereocenters. The molecule has 0 aliphatic heterocycles. The second-order valence-corrected chi connectivity index (χ2v) is 4.27. The van der Waals surface area contributed by atoms with Crippen LogP contribution in [-0.2, 0) is 4.79 Å². The van der Waals surface area contributed by atoms with E-state index in [-0.39, 0.29) is 11.7 Å². The third-order valence-electron chi connectivity index (χ3n) is 3.17. The van der Waals surface area contributed by atoms with Crippen LogP contribution in [0.25, 0.3) is 0 Å². The van der Waals surface area contributed by atoms with E-state index in [1.54, 1.807) is 12.1 Å². The van der Waals surface area contributed by atoms with Crippen LogP contribution in [0.2, 0.25) is 0 Å². The van der Waals surface area contributed by atoms with Crippen LogP contribution in [0.5, 0.6) is 5.75 Å². The van der Waals surface area contributed by atoms with Gasteiger partial charge >= 0.3 is 0 Å². The molecule has 0 saturated heterocycles. The molecule has 2 rings (SSSR count). The van der Waals surface area contributed by atoms with E-state index in [2.05, 4.69) is 5.32 Å². The van der Waals surface area contributed by atoms with Crippen molar-refractivity contribution in [3.63, 3.8) is 0 Å². The number of carbonyl (C=O) groups is 1. The summed E-state index contributed by atoms with van der Waals surface area (Å²) in [7, 11) is 0. The van der Waals surface area contributed by atoms with E-state index in [0.717, 1.165) is 6.42 Å². The minimum absolute atomic E-state index is 0.141. The quantitative estimate of drug-likeness (QED) is 0.773. The number of benzene rings is 1. The molecule has 2 N–H and O–H groups in total. The highest BCUT2D eigenvalue weighted by molar-refractivity contribution is 5.96. The molecular weight excluding hydrogens is 209 g/mol. The number of alkyl halides is 1. The Balaban J connectivity index is 2.04. The first-order valence-corrected chi connectivity index (χ1v) is 5.33. The summed E-state index contributed by atoms with van der Waals surface area (Å²) in [5.41, 5.74) is -0.222. The molecule has 1 amide bonds. The second-order valence-electron chi connectivity index (χ2n) is 4.27. The molecule has 0 bridgehead atoms. The van der Waals surface area contributed by atoms with Crippen LogP contribution in [0, 0.1) is 5.41 Å². The van der Waals surface area contributed by atoms with Crippen LogP contribution < -0.4 is 5.32 Å². The lowest BCUT2D eigenvalue weighted by atomic mass is 9.69. The van der Waals surface area contributed by atoms with Crippen molar-refractivity contribution in [1.29, 1.82) is 0 Å². The second kappa shape index (κ2) is 4.12. The Morgan fingerprint density at radius 1 is 1.38 bits per heavy atom. The van der Waals surface area contributed by atoms with Crippen LogP contribution in [0.3, 0.4) is 0 Å². The highest BCUT2D eigenvalue weighted by Crippen LogP contribution is 2.42. The molecule has 16 heavy (non-hydrogen) atoms. The van der Waals surface area contributed by atoms with Crippen LogP contribution >= 0.6 is 0 Å². The minimum Gasteiger partial charge on any atom is -0.508 e. The van der Waals surface area contributed by atoms with E-state index in [0.29, 0.717) is 18.5 Å². The van der Waals surface area contributed by atoms with Crippen molar-refractivity contribution in [2.75, 3.05) is 12.0 Å². The molecule has 1 aliphatic rings. The zero-order valence-corrected chi connectivity index (χ0v) is 8.87. The maximum Gasteiger partial charge on any atom is 0.233 e. The Kier molecular flexibility index (Phi) is 2.81. The number of halogens is 1. The van der Waals surface area contributed by atoms with Crippen molar-refractivity contribution in [3.05, 3.63) is 24.3 Å². The van der Waals surface area contributed by atoms with Crippen LogP contribution in [0.4, 0.5) is 10.1 Å². The largest absolute Gasteiger partial charge is 0.508 e. The molecule has 0 aromatic heterocycles. The van der Waals surface area contributed by atoms with Gasteiger partial charge in [0.2, 0.25) is 5.91 Å². The van der Waals surface area contributed by atoms with E-state index in [9.17, 15) is 9.18 Å². The van der Waals surface area contributed by atoms with Crippen LogP contribution in [-0.4, -0.2) is 17.7 Å². The van der Waals surface area contributed by atoms with Gasteiger partial charge in [-0.1, -0.05) is 6.42 Å². The summed E-state index contributed by atoms with van der Waals surface area (Å²) in [4.78, 5) is 11.8. The minimum atomic E-state index is -0.808. The van der Waals surface area contributed by atoms with Crippen molar-refractivity contribution < 1.29 is 14.3 Å². The molecule has 1 fully saturated rings. The lowest BCUT2D eigenvalue weighted by Gasteiger charge is -2.37. The van der Waals surface area contributed by atoms with Gasteiger partial charge in [-0.25, -0.2) is 4.39 Å². The number of amides is 1. The maximum absolute atomic E-state index is 12.8. The van der Waals surface area contributed by atoms with E-state index < -0.39 is 12.1 Å². The van der Waals surface area contributed by atoms with Crippen molar-refractivity contribution >= 4 is 11.6 Å². The Morgan fingerprint density at radius 3 is 2.44 bits per heavy atom. The molecular formula is C12H14FNO2. The lowest BCUT2D eigenvalue weighted by molar-refractivity contribution is -0.131. The first-order valence-electron chi connectivity index (χ1n) is 5.33. The topological polar surface area (TPSA) is 49.3 Å². The molecule has 86 valence electrons. The fourth-order valence-electron chi connectivity index (χ4n) is 1.83. The average molecular weight is 223 g/mol. The van der Waals surface area contributed by atoms with E-state index in [4.69, 9.17) is 5.11 Å². The zero-order chi connectivity index (χ0) is 11.6. The van der Waals surface area contributed by atoms with Gasteiger partial charge < -0.3 is 10.4 Å². The van der Waals surface area contributed by atoms with Crippen molar-refractivity contribution in [3.8, 4) is 5.75 Å². The number of rotatable bonds is 3. The standard InChI is InChI=1S/C12H14FNO2/c13-8-12(6-1-7-12)11(16)14-9-2-4-10(15)5-3-9/h2-5,15H,1,6-8H2,(H,14,16). The molecule has 0 spiro atoms. The summed E-state index contributed by atoms with van der Waals surface area (Å²) < 4.78 is 12.8. The number of phenols is 1. The fraction of sp³-hybridized carbons (Fsp3) is 0.417. The summed E-state index contributed by atoms with van der Waals surface area (Å²) in [6.45, 7) is -0.600. The molecule has 3 nitrogen and oxygen atoms in total. The van der Waals surface area contributed by atoms with Crippen LogP contribution in [0.1, 0.15) is 19.3 Å². The maximum atomic E-state index is 12.8. The van der Waals surface area contributed by atoms with Crippen molar-refractivity contribution in [1.82, 2.24) is 0 Å². The Bertz CT molecular complexity index is 379. The van der Waals surface area contributed by atoms with E-state index in [1.165, 1.54) is 12.1 Å². The zero-order valence-electron chi connectivity index (χ0n) is 8.87. The van der Waals surface area contributed by atoms with Crippen molar-refractivity contribution in [2.24, 2.45) is 5.41 Å². The van der Waals surface area contributed by atoms with E-state index in [1.807, 2.05) is 0 Å². The monoisotopic (exact) mass is 223 g/mol. The molecule has 1 aromatic rings. The van der Waals surface area contributed by atoms with Gasteiger partial charge in [-0.15, -0.1) is 0 Å². The number of hydrogen-bond donors (Lipinski definition) is 2. The molecule has 0 unspecified atom stereocenters. The smallest absolute Gasteiger partial charge is 0.233 e. The van der Waals surface area contributed by atoms with Gasteiger partial charge in [0, 0.05) is 5.69 Å². The third kappa shape index (κ3) is 1.87. The first-order chi connectivity index (χ1) is 7.66. The first kappa shape index (κ1) is 10.9. The van der Waals surface area contributed by atoms with Gasteiger partial charge in [-0.2, -0.15) is 0 Å². The number of phenolic OH excluding ortho intramolecular Hbond substituents is 1. The number of nitrogens with one attached hydrogen (secondary N) is 1. The number of carbonyl (C=O) groups excluding carboxylic acids is 1. The van der Waals surface area contributed by atoms with Crippen molar-refractivity contribution in [2.45, 2.75) is 19.3 Å². The van der Waals surface area contributed by atoms with Gasteiger partial charge in [-0.05, 0) is 37.1 Å². The number of aromatic hydroxyl groups is 1. The number of hydrogen-bond acceptors (Lipinski definition) is 2. The highest BCUT2D eigenvalue weighted by Gasteiger charge is 2.44. The van der Waals surface area contributed by atoms with Gasteiger partial charge in [0.05, 0.1) is 5.41 Å². The fourth-order valence-corrected chi connectivity index (χ4v) is 1.83. The molecule has 1 aliphatic carbocycles. The van der Waals surface area contributed by atoms with Gasteiger partial charge in [0.1, 0.15) is 12.4 Å². The SMILES string of the molecule is O=C(Nc1ccc(O)cc1)C1(CF)CCC1. The van der Waals surface area contributed by atoms with Crippen LogP contribution in [0.15, 0.2) is 24.3 Å². The van der Waals surface area contributed by atoms with E-state index >= 15 is 0 Å². The average Bonchev–Trinajstić information content (AvgIpc) is 2.21. The molecule has 1 aromatic carbocycles. The highest BCUT2D eigenvalue weighted by atomic mass is 19.1. The predicted octanol–water partition coefficient (Wildman–Crippen LogP) is 2.47. The molecule has 4 heteroatoms. The third-order valence-corrected chi connectivity index (χ3v) is 3.17. The number of anilines is 1. The van der Waals surface area contributed by atoms with Gasteiger partial charge in [-0.3, -0.25) is 4.79 Å².